The van der Waals surface area contributed by atoms with Crippen LogP contribution < -0.4 is 5.56 Å². The average molecular weight is 313 g/mol. The molecule has 0 spiro atoms. The molecule has 0 amide bonds. The number of aromatic hydroxyl groups is 2. The first-order valence-corrected chi connectivity index (χ1v) is 7.95. The number of phenolic OH excluding ortho intramolecular Hbond substituents is 2. The van der Waals surface area contributed by atoms with Crippen molar-refractivity contribution >= 4 is 0 Å². The first-order chi connectivity index (χ1) is 11.1. The molecule has 4 rings (SSSR count). The van der Waals surface area contributed by atoms with Gasteiger partial charge in [0.15, 0.2) is 0 Å². The van der Waals surface area contributed by atoms with E-state index in [4.69, 9.17) is 0 Å². The molecule has 1 fully saturated rings. The van der Waals surface area contributed by atoms with Gasteiger partial charge in [0.2, 0.25) is 0 Å². The monoisotopic (exact) mass is 313 g/mol. The fourth-order valence-electron chi connectivity index (χ4n) is 3.14. The molecule has 1 saturated carbocycles. The lowest BCUT2D eigenvalue weighted by Crippen LogP contribution is -2.35. The first-order valence-electron chi connectivity index (χ1n) is 7.95. The second-order valence-corrected chi connectivity index (χ2v) is 6.42. The van der Waals surface area contributed by atoms with E-state index in [1.807, 2.05) is 0 Å². The van der Waals surface area contributed by atoms with Crippen LogP contribution in [-0.2, 0) is 19.5 Å². The maximum absolute atomic E-state index is 12.2. The average Bonchev–Trinajstić information content (AvgIpc) is 3.35. The molecule has 0 radical (unpaired) electrons. The maximum Gasteiger partial charge on any atom is 0.254 e. The quantitative estimate of drug-likeness (QED) is 0.749. The molecule has 1 aromatic heterocycles. The number of fused-ring (bicyclic) bond motifs is 1. The van der Waals surface area contributed by atoms with E-state index >= 15 is 0 Å². The summed E-state index contributed by atoms with van der Waals surface area (Å²) in [5.41, 5.74) is 2.31. The van der Waals surface area contributed by atoms with E-state index in [0.29, 0.717) is 31.0 Å². The number of aromatic amines is 1. The number of aromatic nitrogens is 2. The van der Waals surface area contributed by atoms with E-state index in [-0.39, 0.29) is 17.1 Å². The highest BCUT2D eigenvalue weighted by atomic mass is 16.3. The molecule has 1 aliphatic heterocycles. The molecule has 2 aromatic rings. The van der Waals surface area contributed by atoms with Crippen molar-refractivity contribution in [3.8, 4) is 11.5 Å². The van der Waals surface area contributed by atoms with Crippen molar-refractivity contribution in [2.75, 3.05) is 6.54 Å². The predicted octanol–water partition coefficient (Wildman–Crippen LogP) is 1.62. The lowest BCUT2D eigenvalue weighted by molar-refractivity contribution is 0.236. The smallest absolute Gasteiger partial charge is 0.254 e. The van der Waals surface area contributed by atoms with Crippen molar-refractivity contribution in [1.82, 2.24) is 14.9 Å². The van der Waals surface area contributed by atoms with E-state index < -0.39 is 0 Å². The second-order valence-electron chi connectivity index (χ2n) is 6.42. The fraction of sp³-hybridized carbons (Fsp3) is 0.412. The predicted molar refractivity (Wildman–Crippen MR) is 84.4 cm³/mol. The minimum Gasteiger partial charge on any atom is -0.508 e. The highest BCUT2D eigenvalue weighted by Gasteiger charge is 2.29. The van der Waals surface area contributed by atoms with Crippen molar-refractivity contribution in [2.24, 2.45) is 0 Å². The molecule has 1 aliphatic carbocycles. The number of benzene rings is 1. The Balaban J connectivity index is 1.58. The minimum atomic E-state index is -0.00301. The van der Waals surface area contributed by atoms with Crippen LogP contribution in [0.2, 0.25) is 0 Å². The highest BCUT2D eigenvalue weighted by Crippen LogP contribution is 2.38. The molecule has 3 N–H and O–H groups in total. The molecule has 6 heteroatoms. The summed E-state index contributed by atoms with van der Waals surface area (Å²) >= 11 is 0. The van der Waals surface area contributed by atoms with Crippen LogP contribution in [0.15, 0.2) is 23.0 Å². The van der Waals surface area contributed by atoms with Crippen molar-refractivity contribution in [2.45, 2.75) is 38.3 Å². The number of rotatable bonds is 3. The van der Waals surface area contributed by atoms with Gasteiger partial charge in [-0.3, -0.25) is 9.69 Å². The zero-order valence-corrected chi connectivity index (χ0v) is 12.7. The van der Waals surface area contributed by atoms with E-state index in [9.17, 15) is 15.0 Å². The van der Waals surface area contributed by atoms with Gasteiger partial charge in [-0.15, -0.1) is 0 Å². The SMILES string of the molecule is O=c1[nH]c(C2CC2)nc2c1CCN(Cc1cc(O)ccc1O)C2. The van der Waals surface area contributed by atoms with Gasteiger partial charge in [-0.25, -0.2) is 4.98 Å². The van der Waals surface area contributed by atoms with Gasteiger partial charge in [0.25, 0.3) is 5.56 Å². The minimum absolute atomic E-state index is 0.00301. The third kappa shape index (κ3) is 2.82. The van der Waals surface area contributed by atoms with Crippen molar-refractivity contribution < 1.29 is 10.2 Å². The summed E-state index contributed by atoms with van der Waals surface area (Å²) in [7, 11) is 0. The Morgan fingerprint density at radius 1 is 1.30 bits per heavy atom. The number of hydrogen-bond acceptors (Lipinski definition) is 5. The summed E-state index contributed by atoms with van der Waals surface area (Å²) in [6.45, 7) is 1.84. The molecule has 6 nitrogen and oxygen atoms in total. The Bertz CT molecular complexity index is 811. The summed E-state index contributed by atoms with van der Waals surface area (Å²) in [6, 6.07) is 4.54. The summed E-state index contributed by atoms with van der Waals surface area (Å²) in [5.74, 6) is 1.54. The number of nitrogens with one attached hydrogen (secondary N) is 1. The largest absolute Gasteiger partial charge is 0.508 e. The Morgan fingerprint density at radius 3 is 2.91 bits per heavy atom. The van der Waals surface area contributed by atoms with Crippen molar-refractivity contribution in [1.29, 1.82) is 0 Å². The normalized spacial score (nSPS) is 17.9. The zero-order valence-electron chi connectivity index (χ0n) is 12.7. The van der Waals surface area contributed by atoms with Crippen LogP contribution in [0.3, 0.4) is 0 Å². The lowest BCUT2D eigenvalue weighted by Gasteiger charge is -2.28. The van der Waals surface area contributed by atoms with E-state index in [2.05, 4.69) is 14.9 Å². The van der Waals surface area contributed by atoms with Crippen LogP contribution in [0.1, 0.15) is 41.4 Å². The highest BCUT2D eigenvalue weighted by molar-refractivity contribution is 5.38. The molecule has 0 bridgehead atoms. The molecule has 2 aliphatic rings. The molecule has 2 heterocycles. The third-order valence-electron chi connectivity index (χ3n) is 4.59. The van der Waals surface area contributed by atoms with Gasteiger partial charge in [0, 0.05) is 36.7 Å². The fourth-order valence-corrected chi connectivity index (χ4v) is 3.14. The molecule has 0 unspecified atom stereocenters. The van der Waals surface area contributed by atoms with Crippen LogP contribution in [0.4, 0.5) is 0 Å². The van der Waals surface area contributed by atoms with Crippen molar-refractivity contribution in [3.05, 3.63) is 51.2 Å². The van der Waals surface area contributed by atoms with Gasteiger partial charge in [-0.2, -0.15) is 0 Å². The van der Waals surface area contributed by atoms with Gasteiger partial charge in [0.05, 0.1) is 5.69 Å². The van der Waals surface area contributed by atoms with Gasteiger partial charge in [-0.1, -0.05) is 0 Å². The van der Waals surface area contributed by atoms with Crippen LogP contribution in [-0.4, -0.2) is 31.6 Å². The van der Waals surface area contributed by atoms with Crippen molar-refractivity contribution in [3.63, 3.8) is 0 Å². The van der Waals surface area contributed by atoms with Gasteiger partial charge < -0.3 is 15.2 Å². The molecular formula is C17H19N3O3. The summed E-state index contributed by atoms with van der Waals surface area (Å²) in [6.07, 6.45) is 2.85. The van der Waals surface area contributed by atoms with Crippen LogP contribution in [0, 0.1) is 0 Å². The summed E-state index contributed by atoms with van der Waals surface area (Å²) < 4.78 is 0. The summed E-state index contributed by atoms with van der Waals surface area (Å²) in [5, 5.41) is 19.5. The standard InChI is InChI=1S/C17H19N3O3/c21-12-3-4-15(22)11(7-12)8-20-6-5-13-14(9-20)18-16(10-1-2-10)19-17(13)23/h3-4,7,10,21-22H,1-2,5-6,8-9H2,(H,18,19,23). The molecule has 0 atom stereocenters. The van der Waals surface area contributed by atoms with Crippen LogP contribution >= 0.6 is 0 Å². The topological polar surface area (TPSA) is 89.5 Å². The molecular weight excluding hydrogens is 294 g/mol. The summed E-state index contributed by atoms with van der Waals surface area (Å²) in [4.78, 5) is 21.9. The second kappa shape index (κ2) is 5.38. The maximum atomic E-state index is 12.2. The van der Waals surface area contributed by atoms with Gasteiger partial charge >= 0.3 is 0 Å². The Labute approximate surface area is 133 Å². The number of nitrogens with zero attached hydrogens (tertiary/aromatic N) is 2. The van der Waals surface area contributed by atoms with E-state index in [1.54, 1.807) is 6.07 Å². The lowest BCUT2D eigenvalue weighted by atomic mass is 10.0. The molecule has 1 aromatic carbocycles. The van der Waals surface area contributed by atoms with E-state index in [0.717, 1.165) is 36.5 Å². The molecule has 23 heavy (non-hydrogen) atoms. The number of phenols is 2. The Kier molecular flexibility index (Phi) is 3.34. The zero-order chi connectivity index (χ0) is 16.0. The first kappa shape index (κ1) is 14.3. The van der Waals surface area contributed by atoms with Gasteiger partial charge in [-0.05, 0) is 37.5 Å². The van der Waals surface area contributed by atoms with E-state index in [1.165, 1.54) is 12.1 Å². The number of hydrogen-bond donors (Lipinski definition) is 3. The Morgan fingerprint density at radius 2 is 2.13 bits per heavy atom. The van der Waals surface area contributed by atoms with Gasteiger partial charge in [0.1, 0.15) is 17.3 Å². The Hall–Kier alpha value is -2.34. The van der Waals surface area contributed by atoms with Crippen LogP contribution in [0.5, 0.6) is 11.5 Å². The van der Waals surface area contributed by atoms with Crippen LogP contribution in [0.25, 0.3) is 0 Å². The number of H-pyrrole nitrogens is 1. The molecule has 120 valence electrons. The molecule has 0 saturated heterocycles. The third-order valence-corrected chi connectivity index (χ3v) is 4.59.